The lowest BCUT2D eigenvalue weighted by Gasteiger charge is -2.30. The van der Waals surface area contributed by atoms with Crippen molar-refractivity contribution in [2.24, 2.45) is 5.92 Å². The highest BCUT2D eigenvalue weighted by Gasteiger charge is 2.22. The van der Waals surface area contributed by atoms with E-state index < -0.39 is 5.97 Å². The van der Waals surface area contributed by atoms with Gasteiger partial charge in [-0.25, -0.2) is 4.63 Å². The van der Waals surface area contributed by atoms with Crippen LogP contribution in [0.3, 0.4) is 0 Å². The van der Waals surface area contributed by atoms with Crippen LogP contribution in [-0.2, 0) is 11.3 Å². The molecule has 1 saturated heterocycles. The van der Waals surface area contributed by atoms with Crippen LogP contribution in [0.2, 0.25) is 0 Å². The SMILES string of the molecule is Cc1nonc1CN1CCC(CC(=O)O)CC1. The van der Waals surface area contributed by atoms with Crippen molar-refractivity contribution in [3.8, 4) is 0 Å². The molecule has 0 aliphatic carbocycles. The fraction of sp³-hybridized carbons (Fsp3) is 0.727. The van der Waals surface area contributed by atoms with E-state index in [-0.39, 0.29) is 0 Å². The molecule has 1 fully saturated rings. The molecule has 17 heavy (non-hydrogen) atoms. The lowest BCUT2D eigenvalue weighted by molar-refractivity contribution is -0.138. The zero-order valence-electron chi connectivity index (χ0n) is 9.93. The van der Waals surface area contributed by atoms with E-state index in [0.29, 0.717) is 12.3 Å². The molecule has 2 rings (SSSR count). The van der Waals surface area contributed by atoms with Crippen LogP contribution in [-0.4, -0.2) is 39.4 Å². The molecule has 6 heteroatoms. The number of aromatic nitrogens is 2. The third-order valence-corrected chi connectivity index (χ3v) is 3.29. The summed E-state index contributed by atoms with van der Waals surface area (Å²) >= 11 is 0. The highest BCUT2D eigenvalue weighted by atomic mass is 16.6. The number of hydrogen-bond acceptors (Lipinski definition) is 5. The average molecular weight is 239 g/mol. The maximum atomic E-state index is 10.6. The topological polar surface area (TPSA) is 79.5 Å². The van der Waals surface area contributed by atoms with E-state index in [2.05, 4.69) is 19.8 Å². The van der Waals surface area contributed by atoms with Crippen LogP contribution < -0.4 is 0 Å². The number of carboxylic acids is 1. The van der Waals surface area contributed by atoms with E-state index in [1.807, 2.05) is 6.92 Å². The summed E-state index contributed by atoms with van der Waals surface area (Å²) in [5.41, 5.74) is 1.71. The Labute approximate surface area is 99.6 Å². The Morgan fingerprint density at radius 1 is 1.47 bits per heavy atom. The molecule has 1 aliphatic heterocycles. The Balaban J connectivity index is 1.79. The van der Waals surface area contributed by atoms with E-state index in [1.165, 1.54) is 0 Å². The summed E-state index contributed by atoms with van der Waals surface area (Å²) in [5, 5.41) is 16.3. The monoisotopic (exact) mass is 239 g/mol. The molecule has 0 bridgehead atoms. The molecule has 6 nitrogen and oxygen atoms in total. The molecule has 0 aromatic carbocycles. The number of rotatable bonds is 4. The Morgan fingerprint density at radius 2 is 2.18 bits per heavy atom. The molecular weight excluding hydrogens is 222 g/mol. The van der Waals surface area contributed by atoms with Crippen molar-refractivity contribution in [1.82, 2.24) is 15.2 Å². The summed E-state index contributed by atoms with van der Waals surface area (Å²) in [4.78, 5) is 12.9. The van der Waals surface area contributed by atoms with Gasteiger partial charge in [0.15, 0.2) is 0 Å². The molecule has 1 aliphatic rings. The van der Waals surface area contributed by atoms with Gasteiger partial charge in [0.05, 0.1) is 0 Å². The van der Waals surface area contributed by atoms with Crippen molar-refractivity contribution < 1.29 is 14.5 Å². The Morgan fingerprint density at radius 3 is 2.71 bits per heavy atom. The molecule has 0 spiro atoms. The first-order valence-electron chi connectivity index (χ1n) is 5.87. The van der Waals surface area contributed by atoms with Gasteiger partial charge in [-0.05, 0) is 38.8 Å². The van der Waals surface area contributed by atoms with Crippen molar-refractivity contribution in [3.63, 3.8) is 0 Å². The third-order valence-electron chi connectivity index (χ3n) is 3.29. The van der Waals surface area contributed by atoms with Crippen LogP contribution in [0.4, 0.5) is 0 Å². The number of aryl methyl sites for hydroxylation is 1. The minimum absolute atomic E-state index is 0.290. The second-order valence-corrected chi connectivity index (χ2v) is 4.61. The molecule has 94 valence electrons. The van der Waals surface area contributed by atoms with Crippen molar-refractivity contribution in [1.29, 1.82) is 0 Å². The molecule has 0 radical (unpaired) electrons. The van der Waals surface area contributed by atoms with Gasteiger partial charge in [-0.1, -0.05) is 10.3 Å². The maximum absolute atomic E-state index is 10.6. The quantitative estimate of drug-likeness (QED) is 0.846. The maximum Gasteiger partial charge on any atom is 0.303 e. The lowest BCUT2D eigenvalue weighted by Crippen LogP contribution is -2.34. The predicted octanol–water partition coefficient (Wildman–Crippen LogP) is 1.06. The molecule has 1 aromatic heterocycles. The number of carboxylic acid groups (broad SMARTS) is 1. The minimum atomic E-state index is -0.694. The Hall–Kier alpha value is -1.43. The molecule has 2 heterocycles. The highest BCUT2D eigenvalue weighted by molar-refractivity contribution is 5.67. The Bertz CT molecular complexity index is 383. The summed E-state index contributed by atoms with van der Waals surface area (Å²) in [5.74, 6) is -0.375. The van der Waals surface area contributed by atoms with E-state index >= 15 is 0 Å². The van der Waals surface area contributed by atoms with Gasteiger partial charge >= 0.3 is 5.97 Å². The number of aliphatic carboxylic acids is 1. The van der Waals surface area contributed by atoms with Gasteiger partial charge in [-0.3, -0.25) is 9.69 Å². The van der Waals surface area contributed by atoms with Crippen molar-refractivity contribution >= 4 is 5.97 Å². The van der Waals surface area contributed by atoms with Gasteiger partial charge in [-0.15, -0.1) is 0 Å². The second kappa shape index (κ2) is 5.27. The van der Waals surface area contributed by atoms with Crippen molar-refractivity contribution in [3.05, 3.63) is 11.4 Å². The van der Waals surface area contributed by atoms with E-state index in [9.17, 15) is 4.79 Å². The number of carbonyl (C=O) groups is 1. The lowest BCUT2D eigenvalue weighted by atomic mass is 9.93. The first-order valence-corrected chi connectivity index (χ1v) is 5.87. The van der Waals surface area contributed by atoms with Gasteiger partial charge in [0.25, 0.3) is 0 Å². The predicted molar refractivity (Wildman–Crippen MR) is 59.3 cm³/mol. The van der Waals surface area contributed by atoms with E-state index in [0.717, 1.165) is 43.9 Å². The Kier molecular flexibility index (Phi) is 3.73. The van der Waals surface area contributed by atoms with E-state index in [1.54, 1.807) is 0 Å². The molecule has 1 aromatic rings. The van der Waals surface area contributed by atoms with Gasteiger partial charge in [0, 0.05) is 13.0 Å². The van der Waals surface area contributed by atoms with Crippen LogP contribution in [0.5, 0.6) is 0 Å². The van der Waals surface area contributed by atoms with Gasteiger partial charge in [-0.2, -0.15) is 0 Å². The van der Waals surface area contributed by atoms with Crippen LogP contribution in [0.1, 0.15) is 30.7 Å². The van der Waals surface area contributed by atoms with Gasteiger partial charge in [0.2, 0.25) is 0 Å². The normalized spacial score (nSPS) is 18.4. The molecule has 0 unspecified atom stereocenters. The first kappa shape index (κ1) is 12.0. The van der Waals surface area contributed by atoms with Crippen LogP contribution in [0.25, 0.3) is 0 Å². The fourth-order valence-electron chi connectivity index (χ4n) is 2.20. The summed E-state index contributed by atoms with van der Waals surface area (Å²) in [7, 11) is 0. The third kappa shape index (κ3) is 3.26. The summed E-state index contributed by atoms with van der Waals surface area (Å²) < 4.78 is 4.66. The zero-order chi connectivity index (χ0) is 12.3. The number of likely N-dealkylation sites (tertiary alicyclic amines) is 1. The van der Waals surface area contributed by atoms with Gasteiger partial charge < -0.3 is 5.11 Å². The standard InChI is InChI=1S/C11H17N3O3/c1-8-10(13-17-12-8)7-14-4-2-9(3-5-14)6-11(15)16/h9H,2-7H2,1H3,(H,15,16). The summed E-state index contributed by atoms with van der Waals surface area (Å²) in [6.45, 7) is 4.46. The van der Waals surface area contributed by atoms with E-state index in [4.69, 9.17) is 5.11 Å². The van der Waals surface area contributed by atoms with Crippen molar-refractivity contribution in [2.75, 3.05) is 13.1 Å². The smallest absolute Gasteiger partial charge is 0.303 e. The van der Waals surface area contributed by atoms with Crippen LogP contribution >= 0.6 is 0 Å². The number of nitrogens with zero attached hydrogens (tertiary/aromatic N) is 3. The zero-order valence-corrected chi connectivity index (χ0v) is 9.93. The molecule has 0 saturated carbocycles. The summed E-state index contributed by atoms with van der Waals surface area (Å²) in [6, 6.07) is 0. The molecule has 1 N–H and O–H groups in total. The van der Waals surface area contributed by atoms with Gasteiger partial charge in [0.1, 0.15) is 11.4 Å². The molecular formula is C11H17N3O3. The first-order chi connectivity index (χ1) is 8.15. The number of hydrogen-bond donors (Lipinski definition) is 1. The average Bonchev–Trinajstić information content (AvgIpc) is 2.67. The summed E-state index contributed by atoms with van der Waals surface area (Å²) in [6.07, 6.45) is 2.17. The van der Waals surface area contributed by atoms with Crippen molar-refractivity contribution in [2.45, 2.75) is 32.7 Å². The molecule has 0 amide bonds. The minimum Gasteiger partial charge on any atom is -0.481 e. The second-order valence-electron chi connectivity index (χ2n) is 4.61. The number of piperidine rings is 1. The molecule has 0 atom stereocenters. The fourth-order valence-corrected chi connectivity index (χ4v) is 2.20. The van der Waals surface area contributed by atoms with Crippen LogP contribution in [0.15, 0.2) is 4.63 Å². The highest BCUT2D eigenvalue weighted by Crippen LogP contribution is 2.21. The largest absolute Gasteiger partial charge is 0.481 e. The van der Waals surface area contributed by atoms with Crippen LogP contribution in [0, 0.1) is 12.8 Å².